The van der Waals surface area contributed by atoms with Gasteiger partial charge in [0.2, 0.25) is 0 Å². The summed E-state index contributed by atoms with van der Waals surface area (Å²) in [6.07, 6.45) is 5.79. The zero-order valence-electron chi connectivity index (χ0n) is 8.64. The molecule has 1 saturated heterocycles. The molecular formula is C11H21N. The third-order valence-corrected chi connectivity index (χ3v) is 3.77. The molecule has 0 spiro atoms. The van der Waals surface area contributed by atoms with Crippen LogP contribution in [0.1, 0.15) is 39.5 Å². The molecule has 12 heavy (non-hydrogen) atoms. The summed E-state index contributed by atoms with van der Waals surface area (Å²) in [7, 11) is 2.30. The van der Waals surface area contributed by atoms with Gasteiger partial charge in [-0.2, -0.15) is 0 Å². The molecule has 1 heterocycles. The first-order valence-electron chi connectivity index (χ1n) is 5.29. The Kier molecular flexibility index (Phi) is 1.95. The van der Waals surface area contributed by atoms with Crippen molar-refractivity contribution in [2.24, 2.45) is 11.3 Å². The lowest BCUT2D eigenvalue weighted by atomic mass is 9.89. The molecule has 70 valence electrons. The van der Waals surface area contributed by atoms with Crippen LogP contribution in [0.25, 0.3) is 0 Å². The van der Waals surface area contributed by atoms with Crippen molar-refractivity contribution in [1.29, 1.82) is 0 Å². The summed E-state index contributed by atoms with van der Waals surface area (Å²) < 4.78 is 0. The number of likely N-dealkylation sites (tertiary alicyclic amines) is 1. The number of rotatable bonds is 0. The van der Waals surface area contributed by atoms with Gasteiger partial charge in [-0.15, -0.1) is 0 Å². The van der Waals surface area contributed by atoms with Crippen LogP contribution in [0.2, 0.25) is 0 Å². The van der Waals surface area contributed by atoms with E-state index < -0.39 is 0 Å². The molecule has 2 fully saturated rings. The van der Waals surface area contributed by atoms with Gasteiger partial charge in [-0.25, -0.2) is 0 Å². The summed E-state index contributed by atoms with van der Waals surface area (Å²) in [6, 6.07) is 0.911. The van der Waals surface area contributed by atoms with Crippen LogP contribution in [0.15, 0.2) is 0 Å². The maximum atomic E-state index is 2.59. The molecule has 1 heteroatoms. The third-order valence-electron chi connectivity index (χ3n) is 3.77. The first-order valence-corrected chi connectivity index (χ1v) is 5.29. The summed E-state index contributed by atoms with van der Waals surface area (Å²) in [5, 5.41) is 0. The van der Waals surface area contributed by atoms with Gasteiger partial charge in [0.15, 0.2) is 0 Å². The fourth-order valence-electron chi connectivity index (χ4n) is 3.24. The minimum atomic E-state index is 0.619. The second-order valence-corrected chi connectivity index (χ2v) is 5.52. The van der Waals surface area contributed by atoms with Crippen molar-refractivity contribution >= 4 is 0 Å². The monoisotopic (exact) mass is 167 g/mol. The van der Waals surface area contributed by atoms with E-state index >= 15 is 0 Å². The van der Waals surface area contributed by atoms with Crippen LogP contribution in [0.4, 0.5) is 0 Å². The molecule has 2 unspecified atom stereocenters. The molecule has 0 amide bonds. The van der Waals surface area contributed by atoms with Crippen molar-refractivity contribution in [3.8, 4) is 0 Å². The molecule has 0 N–H and O–H groups in total. The average Bonchev–Trinajstić information content (AvgIpc) is 2.25. The molecule has 0 bridgehead atoms. The highest BCUT2D eigenvalue weighted by molar-refractivity contribution is 4.95. The third kappa shape index (κ3) is 1.39. The highest BCUT2D eigenvalue weighted by atomic mass is 15.1. The number of piperidine rings is 1. The Balaban J connectivity index is 2.09. The van der Waals surface area contributed by atoms with Crippen LogP contribution in [0, 0.1) is 11.3 Å². The van der Waals surface area contributed by atoms with Crippen molar-refractivity contribution in [3.05, 3.63) is 0 Å². The molecule has 1 aliphatic carbocycles. The van der Waals surface area contributed by atoms with Gasteiger partial charge in [0.1, 0.15) is 0 Å². The van der Waals surface area contributed by atoms with E-state index in [4.69, 9.17) is 0 Å². The smallest absolute Gasteiger partial charge is 0.0126 e. The van der Waals surface area contributed by atoms with Gasteiger partial charge in [0, 0.05) is 6.04 Å². The average molecular weight is 167 g/mol. The molecule has 1 saturated carbocycles. The predicted octanol–water partition coefficient (Wildman–Crippen LogP) is 2.52. The van der Waals surface area contributed by atoms with E-state index in [0.29, 0.717) is 5.41 Å². The topological polar surface area (TPSA) is 3.24 Å². The number of hydrogen-bond donors (Lipinski definition) is 0. The van der Waals surface area contributed by atoms with Crippen molar-refractivity contribution in [3.63, 3.8) is 0 Å². The SMILES string of the molecule is CN1CCCC2CC(C)(C)CC21. The molecule has 2 aliphatic rings. The van der Waals surface area contributed by atoms with Crippen molar-refractivity contribution in [1.82, 2.24) is 4.90 Å². The number of nitrogens with zero attached hydrogens (tertiary/aromatic N) is 1. The molecule has 1 aliphatic heterocycles. The molecular weight excluding hydrogens is 146 g/mol. The maximum absolute atomic E-state index is 2.59. The predicted molar refractivity (Wildman–Crippen MR) is 52.2 cm³/mol. The summed E-state index contributed by atoms with van der Waals surface area (Å²) in [5.74, 6) is 1.01. The van der Waals surface area contributed by atoms with Gasteiger partial charge < -0.3 is 4.90 Å². The number of fused-ring (bicyclic) bond motifs is 1. The Morgan fingerprint density at radius 2 is 2.00 bits per heavy atom. The second-order valence-electron chi connectivity index (χ2n) is 5.52. The van der Waals surface area contributed by atoms with Crippen LogP contribution in [0.5, 0.6) is 0 Å². The standard InChI is InChI=1S/C11H21N/c1-11(2)7-9-5-4-6-12(3)10(9)8-11/h9-10H,4-8H2,1-3H3. The minimum absolute atomic E-state index is 0.619. The van der Waals surface area contributed by atoms with Crippen molar-refractivity contribution < 1.29 is 0 Å². The van der Waals surface area contributed by atoms with Crippen LogP contribution < -0.4 is 0 Å². The van der Waals surface area contributed by atoms with Crippen LogP contribution in [-0.2, 0) is 0 Å². The second kappa shape index (κ2) is 2.73. The highest BCUT2D eigenvalue weighted by Crippen LogP contribution is 2.46. The van der Waals surface area contributed by atoms with Gasteiger partial charge in [-0.05, 0) is 50.6 Å². The first kappa shape index (κ1) is 8.55. The largest absolute Gasteiger partial charge is 0.303 e. The molecule has 0 aromatic carbocycles. The van der Waals surface area contributed by atoms with Crippen molar-refractivity contribution in [2.45, 2.75) is 45.6 Å². The van der Waals surface area contributed by atoms with E-state index in [1.807, 2.05) is 0 Å². The normalized spacial score (nSPS) is 41.2. The quantitative estimate of drug-likeness (QED) is 0.536. The molecule has 2 atom stereocenters. The fourth-order valence-corrected chi connectivity index (χ4v) is 3.24. The Hall–Kier alpha value is -0.0400. The highest BCUT2D eigenvalue weighted by Gasteiger charge is 2.42. The van der Waals surface area contributed by atoms with Gasteiger partial charge in [-0.1, -0.05) is 13.8 Å². The summed E-state index contributed by atoms with van der Waals surface area (Å²) in [6.45, 7) is 6.19. The van der Waals surface area contributed by atoms with E-state index in [9.17, 15) is 0 Å². The van der Waals surface area contributed by atoms with Gasteiger partial charge in [0.25, 0.3) is 0 Å². The van der Waals surface area contributed by atoms with E-state index in [2.05, 4.69) is 25.8 Å². The van der Waals surface area contributed by atoms with Crippen LogP contribution >= 0.6 is 0 Å². The fraction of sp³-hybridized carbons (Fsp3) is 1.00. The summed E-state index contributed by atoms with van der Waals surface area (Å²) in [5.41, 5.74) is 0.619. The Morgan fingerprint density at radius 3 is 2.67 bits per heavy atom. The maximum Gasteiger partial charge on any atom is 0.0126 e. The Labute approximate surface area is 76.1 Å². The molecule has 1 nitrogen and oxygen atoms in total. The summed E-state index contributed by atoms with van der Waals surface area (Å²) in [4.78, 5) is 2.59. The van der Waals surface area contributed by atoms with E-state index in [1.165, 1.54) is 32.2 Å². The molecule has 0 radical (unpaired) electrons. The van der Waals surface area contributed by atoms with E-state index in [0.717, 1.165) is 12.0 Å². The zero-order valence-corrected chi connectivity index (χ0v) is 8.64. The van der Waals surface area contributed by atoms with Gasteiger partial charge in [-0.3, -0.25) is 0 Å². The van der Waals surface area contributed by atoms with Gasteiger partial charge in [0.05, 0.1) is 0 Å². The minimum Gasteiger partial charge on any atom is -0.303 e. The molecule has 0 aromatic heterocycles. The Morgan fingerprint density at radius 1 is 1.25 bits per heavy atom. The number of hydrogen-bond acceptors (Lipinski definition) is 1. The zero-order chi connectivity index (χ0) is 8.77. The molecule has 2 rings (SSSR count). The van der Waals surface area contributed by atoms with Crippen LogP contribution in [0.3, 0.4) is 0 Å². The molecule has 0 aromatic rings. The van der Waals surface area contributed by atoms with E-state index in [1.54, 1.807) is 0 Å². The first-order chi connectivity index (χ1) is 5.58. The summed E-state index contributed by atoms with van der Waals surface area (Å²) >= 11 is 0. The lowest BCUT2D eigenvalue weighted by molar-refractivity contribution is 0.143. The lowest BCUT2D eigenvalue weighted by Crippen LogP contribution is -2.39. The lowest BCUT2D eigenvalue weighted by Gasteiger charge is -2.34. The Bertz CT molecular complexity index is 174. The van der Waals surface area contributed by atoms with Crippen LogP contribution in [-0.4, -0.2) is 24.5 Å². The van der Waals surface area contributed by atoms with Crippen molar-refractivity contribution in [2.75, 3.05) is 13.6 Å². The van der Waals surface area contributed by atoms with Gasteiger partial charge >= 0.3 is 0 Å². The van der Waals surface area contributed by atoms with E-state index in [-0.39, 0.29) is 0 Å².